The molecule has 0 saturated heterocycles. The van der Waals surface area contributed by atoms with Gasteiger partial charge in [-0.3, -0.25) is 0 Å². The number of aromatic nitrogens is 1. The zero-order valence-corrected chi connectivity index (χ0v) is 12.0. The molecule has 1 aromatic heterocycles. The van der Waals surface area contributed by atoms with Gasteiger partial charge in [-0.05, 0) is 23.6 Å². The van der Waals surface area contributed by atoms with E-state index in [1.807, 2.05) is 19.1 Å². The number of nitrogens with zero attached hydrogens (tertiary/aromatic N) is 1. The van der Waals surface area contributed by atoms with Crippen LogP contribution in [0.25, 0.3) is 11.1 Å². The average Bonchev–Trinajstić information content (AvgIpc) is 2.94. The molecule has 2 aromatic carbocycles. The zero-order valence-electron chi connectivity index (χ0n) is 12.0. The van der Waals surface area contributed by atoms with Gasteiger partial charge in [0, 0.05) is 12.6 Å². The molecule has 106 valence electrons. The lowest BCUT2D eigenvalue weighted by Gasteiger charge is -2.05. The Labute approximate surface area is 124 Å². The van der Waals surface area contributed by atoms with E-state index in [1.54, 1.807) is 0 Å². The van der Waals surface area contributed by atoms with E-state index in [4.69, 9.17) is 4.52 Å². The first-order valence-corrected chi connectivity index (χ1v) is 7.08. The molecule has 3 nitrogen and oxygen atoms in total. The monoisotopic (exact) mass is 278 g/mol. The minimum Gasteiger partial charge on any atom is -0.360 e. The van der Waals surface area contributed by atoms with Gasteiger partial charge in [0.05, 0.1) is 12.2 Å². The minimum atomic E-state index is 0.696. The van der Waals surface area contributed by atoms with Gasteiger partial charge in [0.1, 0.15) is 0 Å². The van der Waals surface area contributed by atoms with Crippen molar-refractivity contribution >= 4 is 0 Å². The van der Waals surface area contributed by atoms with E-state index >= 15 is 0 Å². The number of aryl methyl sites for hydroxylation is 1. The van der Waals surface area contributed by atoms with Crippen LogP contribution in [0.5, 0.6) is 0 Å². The number of rotatable bonds is 5. The van der Waals surface area contributed by atoms with Gasteiger partial charge in [0.15, 0.2) is 5.76 Å². The quantitative estimate of drug-likeness (QED) is 0.768. The first kappa shape index (κ1) is 13.6. The topological polar surface area (TPSA) is 38.1 Å². The van der Waals surface area contributed by atoms with Crippen LogP contribution in [0.3, 0.4) is 0 Å². The predicted octanol–water partition coefficient (Wildman–Crippen LogP) is 3.94. The first-order chi connectivity index (χ1) is 10.3. The highest BCUT2D eigenvalue weighted by Crippen LogP contribution is 2.19. The molecule has 0 fully saturated rings. The molecule has 0 aliphatic carbocycles. The van der Waals surface area contributed by atoms with Crippen LogP contribution < -0.4 is 5.32 Å². The first-order valence-electron chi connectivity index (χ1n) is 7.08. The van der Waals surface area contributed by atoms with Gasteiger partial charge in [-0.25, -0.2) is 0 Å². The summed E-state index contributed by atoms with van der Waals surface area (Å²) in [5.41, 5.74) is 4.66. The van der Waals surface area contributed by atoms with Gasteiger partial charge >= 0.3 is 0 Å². The lowest BCUT2D eigenvalue weighted by atomic mass is 10.0. The van der Waals surface area contributed by atoms with E-state index in [9.17, 15) is 0 Å². The molecule has 3 rings (SSSR count). The largest absolute Gasteiger partial charge is 0.360 e. The van der Waals surface area contributed by atoms with Crippen molar-refractivity contribution in [3.8, 4) is 11.1 Å². The molecular weight excluding hydrogens is 260 g/mol. The molecule has 0 unspecified atom stereocenters. The summed E-state index contributed by atoms with van der Waals surface area (Å²) in [6, 6.07) is 21.0. The Balaban J connectivity index is 1.57. The summed E-state index contributed by atoms with van der Waals surface area (Å²) in [6.07, 6.45) is 0. The molecule has 0 atom stereocenters. The molecule has 0 aliphatic rings. The van der Waals surface area contributed by atoms with Gasteiger partial charge in [-0.15, -0.1) is 0 Å². The maximum absolute atomic E-state index is 5.17. The second-order valence-electron chi connectivity index (χ2n) is 5.10. The van der Waals surface area contributed by atoms with Crippen LogP contribution in [0.15, 0.2) is 65.2 Å². The second kappa shape index (κ2) is 6.37. The van der Waals surface area contributed by atoms with Gasteiger partial charge in [-0.2, -0.15) is 0 Å². The fourth-order valence-corrected chi connectivity index (χ4v) is 2.28. The smallest absolute Gasteiger partial charge is 0.150 e. The summed E-state index contributed by atoms with van der Waals surface area (Å²) in [4.78, 5) is 0. The van der Waals surface area contributed by atoms with Crippen LogP contribution in [0.2, 0.25) is 0 Å². The highest BCUT2D eigenvalue weighted by molar-refractivity contribution is 5.63. The van der Waals surface area contributed by atoms with Crippen molar-refractivity contribution in [2.75, 3.05) is 0 Å². The molecule has 3 heteroatoms. The van der Waals surface area contributed by atoms with Crippen LogP contribution >= 0.6 is 0 Å². The number of benzene rings is 2. The Hall–Kier alpha value is -2.39. The molecule has 21 heavy (non-hydrogen) atoms. The van der Waals surface area contributed by atoms with Crippen molar-refractivity contribution in [1.82, 2.24) is 10.5 Å². The predicted molar refractivity (Wildman–Crippen MR) is 83.7 cm³/mol. The van der Waals surface area contributed by atoms with Crippen molar-refractivity contribution in [3.05, 3.63) is 77.7 Å². The van der Waals surface area contributed by atoms with Gasteiger partial charge in [-0.1, -0.05) is 59.8 Å². The van der Waals surface area contributed by atoms with Crippen LogP contribution in [0.4, 0.5) is 0 Å². The maximum atomic E-state index is 5.17. The van der Waals surface area contributed by atoms with Crippen LogP contribution in [-0.2, 0) is 13.1 Å². The molecule has 0 aliphatic heterocycles. The van der Waals surface area contributed by atoms with Gasteiger partial charge in [0.2, 0.25) is 0 Å². The fourth-order valence-electron chi connectivity index (χ4n) is 2.28. The Morgan fingerprint density at radius 2 is 1.62 bits per heavy atom. The Bertz CT molecular complexity index is 687. The van der Waals surface area contributed by atoms with E-state index in [0.717, 1.165) is 18.0 Å². The van der Waals surface area contributed by atoms with E-state index in [2.05, 4.69) is 59.0 Å². The Morgan fingerprint density at radius 1 is 0.905 bits per heavy atom. The number of hydrogen-bond donors (Lipinski definition) is 1. The van der Waals surface area contributed by atoms with E-state index in [1.165, 1.54) is 16.7 Å². The molecule has 0 bridgehead atoms. The lowest BCUT2D eigenvalue weighted by molar-refractivity contribution is 0.369. The molecule has 1 heterocycles. The number of hydrogen-bond acceptors (Lipinski definition) is 3. The van der Waals surface area contributed by atoms with Crippen LogP contribution in [-0.4, -0.2) is 5.16 Å². The molecule has 0 saturated carbocycles. The summed E-state index contributed by atoms with van der Waals surface area (Å²) in [7, 11) is 0. The molecule has 1 N–H and O–H groups in total. The summed E-state index contributed by atoms with van der Waals surface area (Å²) >= 11 is 0. The normalized spacial score (nSPS) is 10.7. The summed E-state index contributed by atoms with van der Waals surface area (Å²) in [5.74, 6) is 0.869. The lowest BCUT2D eigenvalue weighted by Crippen LogP contribution is -2.11. The van der Waals surface area contributed by atoms with Crippen LogP contribution in [0, 0.1) is 6.92 Å². The van der Waals surface area contributed by atoms with Crippen molar-refractivity contribution < 1.29 is 4.52 Å². The summed E-state index contributed by atoms with van der Waals surface area (Å²) < 4.78 is 5.17. The average molecular weight is 278 g/mol. The van der Waals surface area contributed by atoms with Crippen molar-refractivity contribution in [3.63, 3.8) is 0 Å². The van der Waals surface area contributed by atoms with Crippen LogP contribution in [0.1, 0.15) is 17.0 Å². The van der Waals surface area contributed by atoms with E-state index < -0.39 is 0 Å². The Kier molecular flexibility index (Phi) is 4.12. The molecular formula is C18H18N2O. The molecule has 0 amide bonds. The van der Waals surface area contributed by atoms with Gasteiger partial charge in [0.25, 0.3) is 0 Å². The van der Waals surface area contributed by atoms with E-state index in [0.29, 0.717) is 6.54 Å². The zero-order chi connectivity index (χ0) is 14.5. The molecule has 0 radical (unpaired) electrons. The molecule has 3 aromatic rings. The third-order valence-electron chi connectivity index (χ3n) is 3.37. The third-order valence-corrected chi connectivity index (χ3v) is 3.37. The highest BCUT2D eigenvalue weighted by atomic mass is 16.5. The van der Waals surface area contributed by atoms with Crippen molar-refractivity contribution in [2.45, 2.75) is 20.0 Å². The minimum absolute atomic E-state index is 0.696. The number of nitrogens with one attached hydrogen (secondary N) is 1. The second-order valence-corrected chi connectivity index (χ2v) is 5.10. The van der Waals surface area contributed by atoms with Crippen molar-refractivity contribution in [1.29, 1.82) is 0 Å². The standard InChI is InChI=1S/C18H18N2O/c1-14-11-18(21-20-14)13-19-12-15-7-9-17(10-8-15)16-5-3-2-4-6-16/h2-11,19H,12-13H2,1H3. The highest BCUT2D eigenvalue weighted by Gasteiger charge is 2.01. The maximum Gasteiger partial charge on any atom is 0.150 e. The Morgan fingerprint density at radius 3 is 2.29 bits per heavy atom. The van der Waals surface area contributed by atoms with E-state index in [-0.39, 0.29) is 0 Å². The van der Waals surface area contributed by atoms with Crippen molar-refractivity contribution in [2.24, 2.45) is 0 Å². The third kappa shape index (κ3) is 3.58. The van der Waals surface area contributed by atoms with Gasteiger partial charge < -0.3 is 9.84 Å². The summed E-state index contributed by atoms with van der Waals surface area (Å²) in [6.45, 7) is 3.44. The SMILES string of the molecule is Cc1cc(CNCc2ccc(-c3ccccc3)cc2)on1. The summed E-state index contributed by atoms with van der Waals surface area (Å²) in [5, 5.41) is 7.23. The fraction of sp³-hybridized carbons (Fsp3) is 0.167. The molecule has 0 spiro atoms.